The molecule has 0 spiro atoms. The van der Waals surface area contributed by atoms with Crippen LogP contribution >= 0.6 is 0 Å². The van der Waals surface area contributed by atoms with Crippen LogP contribution in [0.4, 0.5) is 9.59 Å². The van der Waals surface area contributed by atoms with Crippen molar-refractivity contribution in [3.05, 3.63) is 71.8 Å². The van der Waals surface area contributed by atoms with Gasteiger partial charge >= 0.3 is 24.1 Å². The second kappa shape index (κ2) is 8.99. The summed E-state index contributed by atoms with van der Waals surface area (Å²) in [5.74, 6) is -2.36. The minimum absolute atomic E-state index is 0.264. The quantitative estimate of drug-likeness (QED) is 0.449. The number of carboxylic acid groups (broad SMARTS) is 2. The zero-order valence-electron chi connectivity index (χ0n) is 13.9. The first kappa shape index (κ1) is 19.4. The molecule has 0 aromatic heterocycles. The van der Waals surface area contributed by atoms with Crippen molar-refractivity contribution in [1.82, 2.24) is 10.6 Å². The number of rotatable bonds is 6. The molecule has 0 aliphatic rings. The van der Waals surface area contributed by atoms with Crippen LogP contribution in [-0.4, -0.2) is 34.3 Å². The summed E-state index contributed by atoms with van der Waals surface area (Å²) in [6, 6.07) is 12.7. The first-order chi connectivity index (χ1) is 12.9. The van der Waals surface area contributed by atoms with E-state index in [-0.39, 0.29) is 11.1 Å². The highest BCUT2D eigenvalue weighted by atomic mass is 16.6. The van der Waals surface area contributed by atoms with E-state index in [0.29, 0.717) is 0 Å². The molecule has 0 fully saturated rings. The third-order valence-corrected chi connectivity index (χ3v) is 3.47. The fraction of sp³-hybridized carbons (Fsp3) is 0.111. The summed E-state index contributed by atoms with van der Waals surface area (Å²) in [4.78, 5) is 46.7. The monoisotopic (exact) mass is 372 g/mol. The summed E-state index contributed by atoms with van der Waals surface area (Å²) in [6.45, 7) is 0. The van der Waals surface area contributed by atoms with E-state index in [9.17, 15) is 19.2 Å². The van der Waals surface area contributed by atoms with Crippen molar-refractivity contribution >= 4 is 24.1 Å². The molecule has 0 radical (unpaired) electrons. The number of benzene rings is 2. The average molecular weight is 372 g/mol. The molecule has 9 nitrogen and oxygen atoms in total. The highest BCUT2D eigenvalue weighted by Crippen LogP contribution is 2.18. The van der Waals surface area contributed by atoms with Crippen LogP contribution in [0.3, 0.4) is 0 Å². The van der Waals surface area contributed by atoms with Gasteiger partial charge in [-0.25, -0.2) is 19.2 Å². The zero-order valence-corrected chi connectivity index (χ0v) is 13.9. The van der Waals surface area contributed by atoms with Crippen LogP contribution in [0.5, 0.6) is 0 Å². The van der Waals surface area contributed by atoms with Gasteiger partial charge in [-0.2, -0.15) is 0 Å². The maximum atomic E-state index is 12.4. The van der Waals surface area contributed by atoms with Crippen LogP contribution in [0.2, 0.25) is 0 Å². The van der Waals surface area contributed by atoms with E-state index in [2.05, 4.69) is 0 Å². The molecule has 0 heterocycles. The van der Waals surface area contributed by atoms with Gasteiger partial charge in [-0.15, -0.1) is 0 Å². The molecule has 0 aliphatic carbocycles. The van der Waals surface area contributed by atoms with Gasteiger partial charge in [0.25, 0.3) is 0 Å². The molecule has 140 valence electrons. The molecule has 2 aromatic carbocycles. The number of amides is 2. The van der Waals surface area contributed by atoms with Gasteiger partial charge < -0.3 is 25.6 Å². The van der Waals surface area contributed by atoms with Crippen molar-refractivity contribution in [3.8, 4) is 0 Å². The van der Waals surface area contributed by atoms with Crippen molar-refractivity contribution in [1.29, 1.82) is 0 Å². The van der Waals surface area contributed by atoms with Crippen molar-refractivity contribution < 1.29 is 34.1 Å². The van der Waals surface area contributed by atoms with E-state index in [0.717, 1.165) is 0 Å². The van der Waals surface area contributed by atoms with Gasteiger partial charge in [0.05, 0.1) is 0 Å². The standard InChI is InChI=1S/C18H16N2O7/c21-15(13(19-17(23)24)11-7-3-1-4-8-11)27-16(22)14(20-18(25)26)12-9-5-2-6-10-12/h1-10,13-14,19-20H,(H,23,24)(H,25,26). The third-order valence-electron chi connectivity index (χ3n) is 3.47. The predicted molar refractivity (Wildman–Crippen MR) is 91.8 cm³/mol. The predicted octanol–water partition coefficient (Wildman–Crippen LogP) is 2.07. The molecule has 9 heteroatoms. The zero-order chi connectivity index (χ0) is 19.8. The Kier molecular flexibility index (Phi) is 6.48. The van der Waals surface area contributed by atoms with Crippen molar-refractivity contribution in [2.24, 2.45) is 0 Å². The lowest BCUT2D eigenvalue weighted by molar-refractivity contribution is -0.162. The highest BCUT2D eigenvalue weighted by molar-refractivity contribution is 5.94. The third kappa shape index (κ3) is 5.56. The molecule has 2 rings (SSSR count). The Morgan fingerprint density at radius 2 is 1.00 bits per heavy atom. The number of carbonyl (C=O) groups excluding carboxylic acids is 2. The fourth-order valence-electron chi connectivity index (χ4n) is 2.31. The van der Waals surface area contributed by atoms with Crippen molar-refractivity contribution in [2.75, 3.05) is 0 Å². The molecule has 2 aromatic rings. The molecule has 0 saturated heterocycles. The van der Waals surface area contributed by atoms with E-state index in [1.54, 1.807) is 36.4 Å². The first-order valence-electron chi connectivity index (χ1n) is 7.73. The van der Waals surface area contributed by atoms with Crippen LogP contribution < -0.4 is 10.6 Å². The summed E-state index contributed by atoms with van der Waals surface area (Å²) in [5.41, 5.74) is 0.528. The lowest BCUT2D eigenvalue weighted by Gasteiger charge is -2.19. The Morgan fingerprint density at radius 1 is 0.667 bits per heavy atom. The largest absolute Gasteiger partial charge is 0.465 e. The Balaban J connectivity index is 2.22. The number of hydrogen-bond donors (Lipinski definition) is 4. The molecule has 4 N–H and O–H groups in total. The fourth-order valence-corrected chi connectivity index (χ4v) is 2.31. The number of ether oxygens (including phenoxy) is 1. The topological polar surface area (TPSA) is 142 Å². The molecule has 2 unspecified atom stereocenters. The first-order valence-corrected chi connectivity index (χ1v) is 7.73. The van der Waals surface area contributed by atoms with Gasteiger partial charge in [0.2, 0.25) is 0 Å². The van der Waals surface area contributed by atoms with Gasteiger partial charge in [0, 0.05) is 0 Å². The number of carbonyl (C=O) groups is 4. The van der Waals surface area contributed by atoms with Gasteiger partial charge in [-0.05, 0) is 11.1 Å². The maximum Gasteiger partial charge on any atom is 0.405 e. The van der Waals surface area contributed by atoms with Gasteiger partial charge in [-0.1, -0.05) is 60.7 Å². The Hall–Kier alpha value is -3.88. The SMILES string of the molecule is O=C(O)NC(C(=O)OC(=O)C(NC(=O)O)c1ccccc1)c1ccccc1. The summed E-state index contributed by atoms with van der Waals surface area (Å²) >= 11 is 0. The number of esters is 2. The van der Waals surface area contributed by atoms with E-state index in [1.807, 2.05) is 10.6 Å². The second-order valence-corrected chi connectivity index (χ2v) is 5.33. The number of nitrogens with one attached hydrogen (secondary N) is 2. The van der Waals surface area contributed by atoms with E-state index >= 15 is 0 Å². The second-order valence-electron chi connectivity index (χ2n) is 5.33. The van der Waals surface area contributed by atoms with E-state index < -0.39 is 36.2 Å². The van der Waals surface area contributed by atoms with Crippen molar-refractivity contribution in [3.63, 3.8) is 0 Å². The van der Waals surface area contributed by atoms with Crippen LogP contribution in [0.25, 0.3) is 0 Å². The minimum Gasteiger partial charge on any atom is -0.465 e. The Bertz CT molecular complexity index is 755. The average Bonchev–Trinajstić information content (AvgIpc) is 2.65. The van der Waals surface area contributed by atoms with Crippen LogP contribution in [0.15, 0.2) is 60.7 Å². The minimum atomic E-state index is -1.49. The van der Waals surface area contributed by atoms with Crippen molar-refractivity contribution in [2.45, 2.75) is 12.1 Å². The van der Waals surface area contributed by atoms with E-state index in [4.69, 9.17) is 14.9 Å². The van der Waals surface area contributed by atoms with Crippen LogP contribution in [-0.2, 0) is 14.3 Å². The lowest BCUT2D eigenvalue weighted by Crippen LogP contribution is -2.39. The van der Waals surface area contributed by atoms with E-state index in [1.165, 1.54) is 24.3 Å². The lowest BCUT2D eigenvalue weighted by atomic mass is 10.1. The molecular weight excluding hydrogens is 356 g/mol. The molecule has 27 heavy (non-hydrogen) atoms. The molecule has 2 atom stereocenters. The Morgan fingerprint density at radius 3 is 1.30 bits per heavy atom. The maximum absolute atomic E-state index is 12.4. The molecular formula is C18H16N2O7. The highest BCUT2D eigenvalue weighted by Gasteiger charge is 2.31. The molecule has 0 bridgehead atoms. The molecule has 2 amide bonds. The smallest absolute Gasteiger partial charge is 0.405 e. The van der Waals surface area contributed by atoms with Crippen LogP contribution in [0.1, 0.15) is 23.2 Å². The normalized spacial score (nSPS) is 12.3. The Labute approximate surface area is 153 Å². The summed E-state index contributed by atoms with van der Waals surface area (Å²) in [6.07, 6.45) is -2.98. The van der Waals surface area contributed by atoms with Crippen LogP contribution in [0, 0.1) is 0 Å². The van der Waals surface area contributed by atoms with Gasteiger partial charge in [0.1, 0.15) is 0 Å². The molecule has 0 aliphatic heterocycles. The molecule has 0 saturated carbocycles. The van der Waals surface area contributed by atoms with Gasteiger partial charge in [-0.3, -0.25) is 0 Å². The van der Waals surface area contributed by atoms with Gasteiger partial charge in [0.15, 0.2) is 12.1 Å². The summed E-state index contributed by atoms with van der Waals surface area (Å²) in [7, 11) is 0. The summed E-state index contributed by atoms with van der Waals surface area (Å²) < 4.78 is 4.76. The summed E-state index contributed by atoms with van der Waals surface area (Å²) in [5, 5.41) is 21.8. The number of hydrogen-bond acceptors (Lipinski definition) is 5.